The molecule has 0 saturated heterocycles. The van der Waals surface area contributed by atoms with Crippen LogP contribution in [0.25, 0.3) is 0 Å². The molecule has 0 radical (unpaired) electrons. The first kappa shape index (κ1) is 15.4. The second kappa shape index (κ2) is 7.67. The number of methoxy groups -OCH3 is 1. The van der Waals surface area contributed by atoms with E-state index in [1.165, 1.54) is 7.11 Å². The van der Waals surface area contributed by atoms with Crippen molar-refractivity contribution in [2.24, 2.45) is 0 Å². The maximum Gasteiger partial charge on any atom is 0.305 e. The lowest BCUT2D eigenvalue weighted by atomic mass is 10.1. The number of ether oxygens (including phenoxy) is 2. The van der Waals surface area contributed by atoms with Crippen LogP contribution in [0, 0.1) is 0 Å². The molecule has 5 heteroatoms. The Morgan fingerprint density at radius 3 is 2.95 bits per heavy atom. The molecule has 0 saturated carbocycles. The summed E-state index contributed by atoms with van der Waals surface area (Å²) in [5, 5.41) is 2.90. The number of carbonyl (C=O) groups excluding carboxylic acids is 2. The first-order valence-corrected chi connectivity index (χ1v) is 7.31. The fourth-order valence-electron chi connectivity index (χ4n) is 2.30. The Hall–Kier alpha value is -2.04. The van der Waals surface area contributed by atoms with Gasteiger partial charge < -0.3 is 14.8 Å². The van der Waals surface area contributed by atoms with Crippen LogP contribution < -0.4 is 10.1 Å². The zero-order valence-electron chi connectivity index (χ0n) is 12.3. The average Bonchev–Trinajstić information content (AvgIpc) is 2.97. The summed E-state index contributed by atoms with van der Waals surface area (Å²) in [6.45, 7) is 1.31. The monoisotopic (exact) mass is 291 g/mol. The molecule has 1 heterocycles. The molecule has 0 aromatic heterocycles. The van der Waals surface area contributed by atoms with Crippen molar-refractivity contribution in [3.05, 3.63) is 29.3 Å². The normalized spacial score (nSPS) is 12.4. The van der Waals surface area contributed by atoms with E-state index in [9.17, 15) is 9.59 Å². The molecule has 0 aliphatic carbocycles. The molecule has 0 spiro atoms. The Morgan fingerprint density at radius 1 is 1.29 bits per heavy atom. The first-order valence-electron chi connectivity index (χ1n) is 7.31. The van der Waals surface area contributed by atoms with Gasteiger partial charge in [0, 0.05) is 24.9 Å². The summed E-state index contributed by atoms with van der Waals surface area (Å²) in [5.74, 6) is 0.645. The summed E-state index contributed by atoms with van der Waals surface area (Å²) >= 11 is 0. The van der Waals surface area contributed by atoms with E-state index in [4.69, 9.17) is 4.74 Å². The van der Waals surface area contributed by atoms with Crippen molar-refractivity contribution in [3.63, 3.8) is 0 Å². The molecule has 1 aliphatic heterocycles. The number of hydrogen-bond donors (Lipinski definition) is 1. The summed E-state index contributed by atoms with van der Waals surface area (Å²) in [6, 6.07) is 5.54. The Labute approximate surface area is 124 Å². The van der Waals surface area contributed by atoms with Gasteiger partial charge in [-0.05, 0) is 36.6 Å². The third kappa shape index (κ3) is 4.48. The van der Waals surface area contributed by atoms with Gasteiger partial charge in [-0.25, -0.2) is 0 Å². The van der Waals surface area contributed by atoms with Crippen LogP contribution in [0.3, 0.4) is 0 Å². The summed E-state index contributed by atoms with van der Waals surface area (Å²) in [5.41, 5.74) is 1.77. The maximum absolute atomic E-state index is 12.0. The molecular weight excluding hydrogens is 270 g/mol. The predicted octanol–water partition coefficient (Wildman–Crippen LogP) is 2.08. The van der Waals surface area contributed by atoms with Crippen molar-refractivity contribution >= 4 is 11.9 Å². The van der Waals surface area contributed by atoms with Gasteiger partial charge in [0.1, 0.15) is 5.75 Å². The lowest BCUT2D eigenvalue weighted by Gasteiger charge is -2.06. The molecule has 0 unspecified atom stereocenters. The van der Waals surface area contributed by atoms with Crippen molar-refractivity contribution in [3.8, 4) is 5.75 Å². The van der Waals surface area contributed by atoms with Crippen molar-refractivity contribution < 1.29 is 19.1 Å². The van der Waals surface area contributed by atoms with E-state index in [2.05, 4.69) is 10.1 Å². The van der Waals surface area contributed by atoms with Crippen molar-refractivity contribution in [1.29, 1.82) is 0 Å². The average molecular weight is 291 g/mol. The van der Waals surface area contributed by atoms with Crippen molar-refractivity contribution in [2.75, 3.05) is 20.3 Å². The van der Waals surface area contributed by atoms with Gasteiger partial charge in [-0.1, -0.05) is 6.42 Å². The Balaban J connectivity index is 1.67. The van der Waals surface area contributed by atoms with E-state index in [0.29, 0.717) is 25.1 Å². The van der Waals surface area contributed by atoms with Gasteiger partial charge in [-0.2, -0.15) is 0 Å². The van der Waals surface area contributed by atoms with Gasteiger partial charge >= 0.3 is 5.97 Å². The Morgan fingerprint density at radius 2 is 2.14 bits per heavy atom. The number of carbonyl (C=O) groups is 2. The number of esters is 1. The fourth-order valence-corrected chi connectivity index (χ4v) is 2.30. The molecule has 0 fully saturated rings. The van der Waals surface area contributed by atoms with E-state index in [0.717, 1.165) is 37.0 Å². The number of hydrogen-bond acceptors (Lipinski definition) is 4. The van der Waals surface area contributed by atoms with E-state index >= 15 is 0 Å². The van der Waals surface area contributed by atoms with Gasteiger partial charge in [0.15, 0.2) is 0 Å². The van der Waals surface area contributed by atoms with Crippen LogP contribution in [0.15, 0.2) is 18.2 Å². The van der Waals surface area contributed by atoms with E-state index in [1.807, 2.05) is 12.1 Å². The number of fused-ring (bicyclic) bond motifs is 1. The lowest BCUT2D eigenvalue weighted by molar-refractivity contribution is -0.140. The van der Waals surface area contributed by atoms with Crippen LogP contribution in [0.2, 0.25) is 0 Å². The second-order valence-corrected chi connectivity index (χ2v) is 5.06. The number of rotatable bonds is 7. The molecule has 1 aromatic carbocycles. The van der Waals surface area contributed by atoms with Crippen molar-refractivity contribution in [1.82, 2.24) is 5.32 Å². The highest BCUT2D eigenvalue weighted by atomic mass is 16.5. The molecule has 0 atom stereocenters. The molecule has 1 aliphatic rings. The molecule has 21 heavy (non-hydrogen) atoms. The van der Waals surface area contributed by atoms with E-state index in [-0.39, 0.29) is 11.9 Å². The standard InChI is InChI=1S/C16H21NO4/c1-20-15(18)5-3-2-4-9-17-16(19)13-6-7-14-12(11-13)8-10-21-14/h6-7,11H,2-5,8-10H2,1H3,(H,17,19). The van der Waals surface area contributed by atoms with E-state index < -0.39 is 0 Å². The van der Waals surface area contributed by atoms with Crippen LogP contribution in [-0.4, -0.2) is 32.1 Å². The molecule has 1 amide bonds. The molecule has 5 nitrogen and oxygen atoms in total. The van der Waals surface area contributed by atoms with Crippen LogP contribution in [0.1, 0.15) is 41.6 Å². The van der Waals surface area contributed by atoms with Gasteiger partial charge in [-0.3, -0.25) is 9.59 Å². The third-order valence-corrected chi connectivity index (χ3v) is 3.52. The summed E-state index contributed by atoms with van der Waals surface area (Å²) in [6.07, 6.45) is 3.85. The maximum atomic E-state index is 12.0. The zero-order chi connectivity index (χ0) is 15.1. The van der Waals surface area contributed by atoms with Gasteiger partial charge in [0.25, 0.3) is 5.91 Å². The molecular formula is C16H21NO4. The summed E-state index contributed by atoms with van der Waals surface area (Å²) in [7, 11) is 1.39. The summed E-state index contributed by atoms with van der Waals surface area (Å²) in [4.78, 5) is 22.9. The van der Waals surface area contributed by atoms with Gasteiger partial charge in [0.2, 0.25) is 0 Å². The number of benzene rings is 1. The molecule has 2 rings (SSSR count). The molecule has 1 N–H and O–H groups in total. The third-order valence-electron chi connectivity index (χ3n) is 3.52. The number of unbranched alkanes of at least 4 members (excludes halogenated alkanes) is 2. The molecule has 1 aromatic rings. The largest absolute Gasteiger partial charge is 0.493 e. The second-order valence-electron chi connectivity index (χ2n) is 5.06. The minimum Gasteiger partial charge on any atom is -0.493 e. The highest BCUT2D eigenvalue weighted by molar-refractivity contribution is 5.94. The molecule has 114 valence electrons. The minimum atomic E-state index is -0.181. The van der Waals surface area contributed by atoms with Crippen LogP contribution in [0.5, 0.6) is 5.75 Å². The van der Waals surface area contributed by atoms with Gasteiger partial charge in [0.05, 0.1) is 13.7 Å². The highest BCUT2D eigenvalue weighted by Crippen LogP contribution is 2.25. The Bertz CT molecular complexity index is 513. The number of nitrogens with one attached hydrogen (secondary N) is 1. The van der Waals surface area contributed by atoms with Gasteiger partial charge in [-0.15, -0.1) is 0 Å². The van der Waals surface area contributed by atoms with Crippen LogP contribution in [-0.2, 0) is 16.0 Å². The van der Waals surface area contributed by atoms with Crippen molar-refractivity contribution in [2.45, 2.75) is 32.1 Å². The minimum absolute atomic E-state index is 0.0577. The van der Waals surface area contributed by atoms with E-state index in [1.54, 1.807) is 6.07 Å². The smallest absolute Gasteiger partial charge is 0.305 e. The number of amides is 1. The Kier molecular flexibility index (Phi) is 5.60. The lowest BCUT2D eigenvalue weighted by Crippen LogP contribution is -2.24. The first-order chi connectivity index (χ1) is 10.2. The molecule has 0 bridgehead atoms. The van der Waals surface area contributed by atoms with Crippen LogP contribution >= 0.6 is 0 Å². The SMILES string of the molecule is COC(=O)CCCCCNC(=O)c1ccc2c(c1)CCO2. The summed E-state index contributed by atoms with van der Waals surface area (Å²) < 4.78 is 9.99. The predicted molar refractivity (Wildman–Crippen MR) is 78.5 cm³/mol. The zero-order valence-corrected chi connectivity index (χ0v) is 12.3. The topological polar surface area (TPSA) is 64.6 Å². The van der Waals surface area contributed by atoms with Crippen LogP contribution in [0.4, 0.5) is 0 Å². The quantitative estimate of drug-likeness (QED) is 0.617. The fraction of sp³-hybridized carbons (Fsp3) is 0.500. The highest BCUT2D eigenvalue weighted by Gasteiger charge is 2.14.